The fourth-order valence-corrected chi connectivity index (χ4v) is 1.66. The monoisotopic (exact) mass is 257 g/mol. The van der Waals surface area contributed by atoms with Crippen molar-refractivity contribution in [1.82, 2.24) is 0 Å². The van der Waals surface area contributed by atoms with Crippen molar-refractivity contribution in [2.45, 2.75) is 13.0 Å². The minimum absolute atomic E-state index is 0.157. The first kappa shape index (κ1) is 13.0. The average Bonchev–Trinajstić information content (AvgIpc) is 2.41. The second-order valence-corrected chi connectivity index (χ2v) is 4.20. The minimum Gasteiger partial charge on any atom is -0.508 e. The molecule has 0 aliphatic carbocycles. The number of nitrogens with two attached hydrogens (primary N) is 1. The van der Waals surface area contributed by atoms with Gasteiger partial charge in [-0.05, 0) is 29.3 Å². The highest BCUT2D eigenvalue weighted by Crippen LogP contribution is 2.13. The van der Waals surface area contributed by atoms with Crippen LogP contribution in [0.3, 0.4) is 0 Å². The summed E-state index contributed by atoms with van der Waals surface area (Å²) in [5.74, 6) is -0.141. The minimum atomic E-state index is -0.328. The molecule has 0 saturated carbocycles. The Labute approximate surface area is 111 Å². The number of benzene rings is 2. The molecule has 0 aliphatic rings. The molecular formula is C15H15NO3. The SMILES string of the molecule is Nc1ccccc1CC(=O)OCc1ccc(O)cc1. The van der Waals surface area contributed by atoms with Gasteiger partial charge < -0.3 is 15.6 Å². The van der Waals surface area contributed by atoms with Gasteiger partial charge in [-0.15, -0.1) is 0 Å². The predicted octanol–water partition coefficient (Wildman–Crippen LogP) is 2.26. The summed E-state index contributed by atoms with van der Waals surface area (Å²) in [5, 5.41) is 9.14. The third kappa shape index (κ3) is 3.74. The van der Waals surface area contributed by atoms with Crippen LogP contribution < -0.4 is 5.73 Å². The third-order valence-electron chi connectivity index (χ3n) is 2.73. The van der Waals surface area contributed by atoms with Gasteiger partial charge in [0.2, 0.25) is 0 Å². The summed E-state index contributed by atoms with van der Waals surface area (Å²) in [6, 6.07) is 13.7. The molecule has 3 N–H and O–H groups in total. The lowest BCUT2D eigenvalue weighted by Crippen LogP contribution is -2.09. The first-order valence-corrected chi connectivity index (χ1v) is 5.92. The molecule has 2 rings (SSSR count). The van der Waals surface area contributed by atoms with E-state index in [-0.39, 0.29) is 24.7 Å². The van der Waals surface area contributed by atoms with Crippen LogP contribution in [0.5, 0.6) is 5.75 Å². The van der Waals surface area contributed by atoms with Crippen LogP contribution in [-0.2, 0) is 22.6 Å². The zero-order valence-electron chi connectivity index (χ0n) is 10.4. The highest BCUT2D eigenvalue weighted by Gasteiger charge is 2.07. The summed E-state index contributed by atoms with van der Waals surface area (Å²) >= 11 is 0. The molecule has 4 heteroatoms. The van der Waals surface area contributed by atoms with E-state index in [0.29, 0.717) is 5.69 Å². The summed E-state index contributed by atoms with van der Waals surface area (Å²) in [7, 11) is 0. The number of para-hydroxylation sites is 1. The van der Waals surface area contributed by atoms with Crippen molar-refractivity contribution in [3.8, 4) is 5.75 Å². The van der Waals surface area contributed by atoms with E-state index >= 15 is 0 Å². The first-order valence-electron chi connectivity index (χ1n) is 5.92. The number of ether oxygens (including phenoxy) is 1. The van der Waals surface area contributed by atoms with Gasteiger partial charge in [0.05, 0.1) is 6.42 Å². The summed E-state index contributed by atoms with van der Waals surface area (Å²) in [6.07, 6.45) is 0.157. The van der Waals surface area contributed by atoms with Crippen molar-refractivity contribution in [3.05, 3.63) is 59.7 Å². The van der Waals surface area contributed by atoms with Crippen LogP contribution in [-0.4, -0.2) is 11.1 Å². The molecule has 4 nitrogen and oxygen atoms in total. The van der Waals surface area contributed by atoms with Gasteiger partial charge in [-0.1, -0.05) is 30.3 Å². The van der Waals surface area contributed by atoms with Gasteiger partial charge in [0.25, 0.3) is 0 Å². The van der Waals surface area contributed by atoms with E-state index in [1.807, 2.05) is 12.1 Å². The number of rotatable bonds is 4. The van der Waals surface area contributed by atoms with Gasteiger partial charge in [-0.3, -0.25) is 4.79 Å². The number of hydrogen-bond acceptors (Lipinski definition) is 4. The molecule has 0 atom stereocenters. The van der Waals surface area contributed by atoms with Gasteiger partial charge in [-0.25, -0.2) is 0 Å². The smallest absolute Gasteiger partial charge is 0.310 e. The molecule has 19 heavy (non-hydrogen) atoms. The van der Waals surface area contributed by atoms with E-state index in [4.69, 9.17) is 15.6 Å². The Bertz CT molecular complexity index is 564. The van der Waals surface area contributed by atoms with E-state index in [9.17, 15) is 4.79 Å². The standard InChI is InChI=1S/C15H15NO3/c16-14-4-2-1-3-12(14)9-15(18)19-10-11-5-7-13(17)8-6-11/h1-8,17H,9-10,16H2. The average molecular weight is 257 g/mol. The maximum Gasteiger partial charge on any atom is 0.310 e. The topological polar surface area (TPSA) is 72.6 Å². The van der Waals surface area contributed by atoms with Crippen LogP contribution in [0, 0.1) is 0 Å². The molecule has 0 aromatic heterocycles. The van der Waals surface area contributed by atoms with Crippen molar-refractivity contribution in [2.24, 2.45) is 0 Å². The lowest BCUT2D eigenvalue weighted by molar-refractivity contribution is -0.144. The molecule has 98 valence electrons. The van der Waals surface area contributed by atoms with Crippen molar-refractivity contribution in [2.75, 3.05) is 5.73 Å². The van der Waals surface area contributed by atoms with Gasteiger partial charge in [-0.2, -0.15) is 0 Å². The fraction of sp³-hybridized carbons (Fsp3) is 0.133. The highest BCUT2D eigenvalue weighted by atomic mass is 16.5. The quantitative estimate of drug-likeness (QED) is 0.651. The number of aromatic hydroxyl groups is 1. The van der Waals surface area contributed by atoms with Crippen LogP contribution in [0.15, 0.2) is 48.5 Å². The van der Waals surface area contributed by atoms with E-state index < -0.39 is 0 Å². The van der Waals surface area contributed by atoms with Crippen LogP contribution >= 0.6 is 0 Å². The molecule has 0 unspecified atom stereocenters. The fourth-order valence-electron chi connectivity index (χ4n) is 1.66. The molecule has 0 radical (unpaired) electrons. The lowest BCUT2D eigenvalue weighted by atomic mass is 10.1. The molecule has 0 amide bonds. The number of nitrogen functional groups attached to an aromatic ring is 1. The molecular weight excluding hydrogens is 242 g/mol. The summed E-state index contributed by atoms with van der Waals surface area (Å²) in [4.78, 5) is 11.7. The Balaban J connectivity index is 1.88. The predicted molar refractivity (Wildman–Crippen MR) is 72.5 cm³/mol. The van der Waals surface area contributed by atoms with Gasteiger partial charge in [0.1, 0.15) is 12.4 Å². The number of carbonyl (C=O) groups excluding carboxylic acids is 1. The highest BCUT2D eigenvalue weighted by molar-refractivity contribution is 5.74. The van der Waals surface area contributed by atoms with Crippen LogP contribution in [0.25, 0.3) is 0 Å². The van der Waals surface area contributed by atoms with E-state index in [1.54, 1.807) is 36.4 Å². The summed E-state index contributed by atoms with van der Waals surface area (Å²) < 4.78 is 5.15. The van der Waals surface area contributed by atoms with Crippen LogP contribution in [0.4, 0.5) is 5.69 Å². The summed E-state index contributed by atoms with van der Waals surface area (Å²) in [6.45, 7) is 0.186. The zero-order chi connectivity index (χ0) is 13.7. The maximum atomic E-state index is 11.7. The van der Waals surface area contributed by atoms with Gasteiger partial charge in [0.15, 0.2) is 0 Å². The van der Waals surface area contributed by atoms with E-state index in [0.717, 1.165) is 11.1 Å². The van der Waals surface area contributed by atoms with Gasteiger partial charge >= 0.3 is 5.97 Å². The van der Waals surface area contributed by atoms with E-state index in [1.165, 1.54) is 0 Å². The number of esters is 1. The molecule has 0 fully saturated rings. The first-order chi connectivity index (χ1) is 9.15. The Morgan fingerprint density at radius 2 is 1.79 bits per heavy atom. The number of hydrogen-bond donors (Lipinski definition) is 2. The normalized spacial score (nSPS) is 10.1. The largest absolute Gasteiger partial charge is 0.508 e. The second kappa shape index (κ2) is 5.91. The van der Waals surface area contributed by atoms with Crippen molar-refractivity contribution >= 4 is 11.7 Å². The molecule has 0 spiro atoms. The number of phenols is 1. The number of anilines is 1. The molecule has 2 aromatic carbocycles. The van der Waals surface area contributed by atoms with Crippen LogP contribution in [0.2, 0.25) is 0 Å². The zero-order valence-corrected chi connectivity index (χ0v) is 10.4. The second-order valence-electron chi connectivity index (χ2n) is 4.20. The van der Waals surface area contributed by atoms with Crippen LogP contribution in [0.1, 0.15) is 11.1 Å². The van der Waals surface area contributed by atoms with Crippen molar-refractivity contribution in [1.29, 1.82) is 0 Å². The van der Waals surface area contributed by atoms with Crippen molar-refractivity contribution < 1.29 is 14.6 Å². The Hall–Kier alpha value is -2.49. The molecule has 0 saturated heterocycles. The van der Waals surface area contributed by atoms with Gasteiger partial charge in [0, 0.05) is 5.69 Å². The lowest BCUT2D eigenvalue weighted by Gasteiger charge is -2.07. The van der Waals surface area contributed by atoms with E-state index in [2.05, 4.69) is 0 Å². The number of phenolic OH excluding ortho intramolecular Hbond substituents is 1. The molecule has 0 bridgehead atoms. The maximum absolute atomic E-state index is 11.7. The Kier molecular flexibility index (Phi) is 4.03. The molecule has 0 heterocycles. The van der Waals surface area contributed by atoms with Crippen molar-refractivity contribution in [3.63, 3.8) is 0 Å². The third-order valence-corrected chi connectivity index (χ3v) is 2.73. The summed E-state index contributed by atoms with van der Waals surface area (Å²) in [5.41, 5.74) is 7.93. The molecule has 2 aromatic rings. The Morgan fingerprint density at radius 3 is 2.47 bits per heavy atom. The molecule has 0 aliphatic heterocycles. The number of carbonyl (C=O) groups is 1. The Morgan fingerprint density at radius 1 is 1.11 bits per heavy atom.